The molecule has 0 radical (unpaired) electrons. The lowest BCUT2D eigenvalue weighted by atomic mass is 9.92. The fraction of sp³-hybridized carbons (Fsp3) is 0.500. The van der Waals surface area contributed by atoms with Crippen LogP contribution in [0.3, 0.4) is 0 Å². The van der Waals surface area contributed by atoms with Gasteiger partial charge in [0.25, 0.3) is 0 Å². The molecule has 0 atom stereocenters. The quantitative estimate of drug-likeness (QED) is 0.695. The predicted molar refractivity (Wildman–Crippen MR) is 103 cm³/mol. The van der Waals surface area contributed by atoms with E-state index in [0.29, 0.717) is 17.8 Å². The number of benzene rings is 1. The molecule has 0 saturated carbocycles. The lowest BCUT2D eigenvalue weighted by Crippen LogP contribution is -2.09. The summed E-state index contributed by atoms with van der Waals surface area (Å²) in [4.78, 5) is 9.10. The summed E-state index contributed by atoms with van der Waals surface area (Å²) in [6.07, 6.45) is 1.05. The van der Waals surface area contributed by atoms with Gasteiger partial charge in [0, 0.05) is 24.0 Å². The number of hydrogen-bond acceptors (Lipinski definition) is 4. The number of rotatable bonds is 7. The van der Waals surface area contributed by atoms with Gasteiger partial charge in [-0.1, -0.05) is 52.8 Å². The minimum Gasteiger partial charge on any atom is -0.354 e. The topological polar surface area (TPSA) is 49.8 Å². The van der Waals surface area contributed by atoms with Crippen LogP contribution in [0, 0.1) is 6.92 Å². The summed E-state index contributed by atoms with van der Waals surface area (Å²) in [5.74, 6) is 2.43. The molecule has 0 bridgehead atoms. The van der Waals surface area contributed by atoms with Crippen molar-refractivity contribution >= 4 is 17.5 Å². The molecular weight excluding hydrogens is 296 g/mol. The number of anilines is 3. The molecule has 4 heteroatoms. The Labute approximate surface area is 146 Å². The molecule has 4 nitrogen and oxygen atoms in total. The summed E-state index contributed by atoms with van der Waals surface area (Å²) in [7, 11) is 0. The molecule has 0 unspecified atom stereocenters. The van der Waals surface area contributed by atoms with Crippen LogP contribution < -0.4 is 10.6 Å². The van der Waals surface area contributed by atoms with E-state index in [1.165, 1.54) is 16.8 Å². The number of aryl methyl sites for hydroxylation is 1. The Morgan fingerprint density at radius 2 is 1.62 bits per heavy atom. The van der Waals surface area contributed by atoms with E-state index < -0.39 is 0 Å². The Balaban J connectivity index is 2.41. The van der Waals surface area contributed by atoms with Gasteiger partial charge >= 0.3 is 0 Å². The van der Waals surface area contributed by atoms with Crippen molar-refractivity contribution in [2.45, 2.75) is 59.8 Å². The second-order valence-corrected chi connectivity index (χ2v) is 6.89. The molecule has 2 N–H and O–H groups in total. The van der Waals surface area contributed by atoms with Crippen LogP contribution in [-0.4, -0.2) is 16.5 Å². The first kappa shape index (κ1) is 18.2. The lowest BCUT2D eigenvalue weighted by molar-refractivity contribution is 0.837. The predicted octanol–water partition coefficient (Wildman–Crippen LogP) is 5.60. The Hall–Kier alpha value is -2.10. The number of aromatic nitrogens is 2. The maximum absolute atomic E-state index is 4.63. The monoisotopic (exact) mass is 326 g/mol. The van der Waals surface area contributed by atoms with Crippen molar-refractivity contribution in [3.8, 4) is 0 Å². The molecule has 2 aromatic rings. The Bertz CT molecular complexity index is 651. The molecule has 130 valence electrons. The van der Waals surface area contributed by atoms with Gasteiger partial charge in [0.05, 0.1) is 0 Å². The third kappa shape index (κ3) is 4.47. The van der Waals surface area contributed by atoms with Crippen molar-refractivity contribution in [2.75, 3.05) is 17.2 Å². The standard InChI is InChI=1S/C20H30N4/c1-7-11-21-20-22-15(6)12-18(24-20)23-19-16(13(2)3)9-8-10-17(19)14(4)5/h8-10,12-14H,7,11H2,1-6H3,(H2,21,22,23,24). The van der Waals surface area contributed by atoms with E-state index in [0.717, 1.165) is 24.5 Å². The van der Waals surface area contributed by atoms with Crippen molar-refractivity contribution in [2.24, 2.45) is 0 Å². The average Bonchev–Trinajstić information content (AvgIpc) is 2.52. The molecule has 0 aliphatic carbocycles. The SMILES string of the molecule is CCCNc1nc(C)cc(Nc2c(C(C)C)cccc2C(C)C)n1. The molecule has 1 heterocycles. The molecule has 0 aliphatic rings. The van der Waals surface area contributed by atoms with Crippen LogP contribution in [-0.2, 0) is 0 Å². The van der Waals surface area contributed by atoms with Crippen molar-refractivity contribution in [1.29, 1.82) is 0 Å². The van der Waals surface area contributed by atoms with Gasteiger partial charge in [0.15, 0.2) is 0 Å². The first-order valence-electron chi connectivity index (χ1n) is 8.91. The third-order valence-electron chi connectivity index (χ3n) is 4.01. The highest BCUT2D eigenvalue weighted by atomic mass is 15.1. The highest BCUT2D eigenvalue weighted by Crippen LogP contribution is 2.34. The smallest absolute Gasteiger partial charge is 0.224 e. The zero-order valence-corrected chi connectivity index (χ0v) is 15.8. The minimum atomic E-state index is 0.451. The van der Waals surface area contributed by atoms with E-state index in [1.54, 1.807) is 0 Å². The normalized spacial score (nSPS) is 11.2. The molecule has 2 rings (SSSR count). The van der Waals surface area contributed by atoms with E-state index in [1.807, 2.05) is 13.0 Å². The summed E-state index contributed by atoms with van der Waals surface area (Å²) in [6, 6.07) is 8.54. The molecule has 1 aromatic heterocycles. The molecule has 1 aromatic carbocycles. The maximum Gasteiger partial charge on any atom is 0.224 e. The van der Waals surface area contributed by atoms with Gasteiger partial charge in [0.1, 0.15) is 5.82 Å². The second kappa shape index (κ2) is 8.13. The van der Waals surface area contributed by atoms with Gasteiger partial charge in [-0.15, -0.1) is 0 Å². The number of nitrogens with one attached hydrogen (secondary N) is 2. The Morgan fingerprint density at radius 3 is 2.17 bits per heavy atom. The van der Waals surface area contributed by atoms with E-state index in [9.17, 15) is 0 Å². The first-order valence-corrected chi connectivity index (χ1v) is 8.91. The fourth-order valence-electron chi connectivity index (χ4n) is 2.77. The Morgan fingerprint density at radius 1 is 1.00 bits per heavy atom. The van der Waals surface area contributed by atoms with Crippen LogP contribution >= 0.6 is 0 Å². The largest absolute Gasteiger partial charge is 0.354 e. The lowest BCUT2D eigenvalue weighted by Gasteiger charge is -2.21. The van der Waals surface area contributed by atoms with Crippen molar-refractivity contribution < 1.29 is 0 Å². The van der Waals surface area contributed by atoms with Crippen molar-refractivity contribution in [3.05, 3.63) is 41.1 Å². The van der Waals surface area contributed by atoms with Gasteiger partial charge in [-0.05, 0) is 36.3 Å². The van der Waals surface area contributed by atoms with Gasteiger partial charge in [-0.25, -0.2) is 4.98 Å². The summed E-state index contributed by atoms with van der Waals surface area (Å²) < 4.78 is 0. The van der Waals surface area contributed by atoms with E-state index >= 15 is 0 Å². The number of nitrogens with zero attached hydrogens (tertiary/aromatic N) is 2. The minimum absolute atomic E-state index is 0.451. The zero-order chi connectivity index (χ0) is 17.7. The third-order valence-corrected chi connectivity index (χ3v) is 4.01. The van der Waals surface area contributed by atoms with Gasteiger partial charge < -0.3 is 10.6 Å². The van der Waals surface area contributed by atoms with E-state index in [-0.39, 0.29) is 0 Å². The zero-order valence-electron chi connectivity index (χ0n) is 15.8. The van der Waals surface area contributed by atoms with Crippen LogP contribution in [0.1, 0.15) is 69.7 Å². The maximum atomic E-state index is 4.63. The Kier molecular flexibility index (Phi) is 6.18. The van der Waals surface area contributed by atoms with Gasteiger partial charge in [0.2, 0.25) is 5.95 Å². The number of para-hydroxylation sites is 1. The highest BCUT2D eigenvalue weighted by Gasteiger charge is 2.14. The van der Waals surface area contributed by atoms with Crippen LogP contribution in [0.4, 0.5) is 17.5 Å². The summed E-state index contributed by atoms with van der Waals surface area (Å²) in [5.41, 5.74) is 4.78. The molecule has 0 saturated heterocycles. The molecule has 0 amide bonds. The first-order chi connectivity index (χ1) is 11.4. The van der Waals surface area contributed by atoms with E-state index in [2.05, 4.69) is 73.4 Å². The van der Waals surface area contributed by atoms with Crippen molar-refractivity contribution in [3.63, 3.8) is 0 Å². The fourth-order valence-corrected chi connectivity index (χ4v) is 2.77. The summed E-state index contributed by atoms with van der Waals surface area (Å²) >= 11 is 0. The molecule has 0 aliphatic heterocycles. The second-order valence-electron chi connectivity index (χ2n) is 6.89. The van der Waals surface area contributed by atoms with Crippen LogP contribution in [0.25, 0.3) is 0 Å². The summed E-state index contributed by atoms with van der Waals surface area (Å²) in [5, 5.41) is 6.84. The summed E-state index contributed by atoms with van der Waals surface area (Å²) in [6.45, 7) is 13.9. The van der Waals surface area contributed by atoms with Crippen LogP contribution in [0.2, 0.25) is 0 Å². The van der Waals surface area contributed by atoms with E-state index in [4.69, 9.17) is 0 Å². The molecular formula is C20H30N4. The highest BCUT2D eigenvalue weighted by molar-refractivity contribution is 5.67. The van der Waals surface area contributed by atoms with Gasteiger partial charge in [-0.3, -0.25) is 0 Å². The molecule has 0 fully saturated rings. The number of hydrogen-bond donors (Lipinski definition) is 2. The van der Waals surface area contributed by atoms with Crippen molar-refractivity contribution in [1.82, 2.24) is 9.97 Å². The van der Waals surface area contributed by atoms with Crippen LogP contribution in [0.5, 0.6) is 0 Å². The molecule has 0 spiro atoms. The molecule has 24 heavy (non-hydrogen) atoms. The van der Waals surface area contributed by atoms with Crippen LogP contribution in [0.15, 0.2) is 24.3 Å². The van der Waals surface area contributed by atoms with Gasteiger partial charge in [-0.2, -0.15) is 4.98 Å². The average molecular weight is 326 g/mol.